The van der Waals surface area contributed by atoms with E-state index in [-0.39, 0.29) is 22.4 Å². The van der Waals surface area contributed by atoms with Crippen molar-refractivity contribution in [2.75, 3.05) is 0 Å². The van der Waals surface area contributed by atoms with Gasteiger partial charge in [0.1, 0.15) is 0 Å². The smallest absolute Gasteiger partial charge is 0.349 e. The molecule has 0 radical (unpaired) electrons. The fourth-order valence-electron chi connectivity index (χ4n) is 2.34. The van der Waals surface area contributed by atoms with Gasteiger partial charge >= 0.3 is 6.18 Å². The number of sulfonamides is 1. The molecular formula is C17H14F3N3O4S. The number of hydrogen-bond donors (Lipinski definition) is 2. The Bertz CT molecular complexity index is 1020. The van der Waals surface area contributed by atoms with Gasteiger partial charge in [0.15, 0.2) is 0 Å². The summed E-state index contributed by atoms with van der Waals surface area (Å²) in [4.78, 5) is 27.1. The molecule has 0 atom stereocenters. The number of aromatic nitrogens is 1. The van der Waals surface area contributed by atoms with Crippen LogP contribution in [0.15, 0.2) is 47.6 Å². The molecule has 1 aliphatic carbocycles. The van der Waals surface area contributed by atoms with E-state index >= 15 is 0 Å². The van der Waals surface area contributed by atoms with Gasteiger partial charge in [-0.1, -0.05) is 0 Å². The average molecular weight is 413 g/mol. The van der Waals surface area contributed by atoms with Crippen LogP contribution in [0.1, 0.15) is 39.1 Å². The van der Waals surface area contributed by atoms with E-state index < -0.39 is 33.2 Å². The molecule has 0 saturated heterocycles. The SMILES string of the molecule is O=C(NC1CC1)c1ccc(S(=O)(=O)NC(=O)c2cnccc2C(F)(F)F)cc1. The lowest BCUT2D eigenvalue weighted by Crippen LogP contribution is -2.32. The Hall–Kier alpha value is -2.95. The maximum Gasteiger partial charge on any atom is 0.417 e. The standard InChI is InChI=1S/C17H14F3N3O4S/c18-17(19,20)14-7-8-21-9-13(14)16(25)23-28(26,27)12-5-1-10(2-6-12)15(24)22-11-3-4-11/h1-2,5-9,11H,3-4H2,(H,22,24)(H,23,25). The lowest BCUT2D eigenvalue weighted by atomic mass is 10.1. The van der Waals surface area contributed by atoms with Crippen LogP contribution in [0.2, 0.25) is 0 Å². The third-order valence-corrected chi connectivity index (χ3v) is 5.28. The van der Waals surface area contributed by atoms with Gasteiger partial charge in [0.05, 0.1) is 16.0 Å². The number of halogens is 3. The number of alkyl halides is 3. The first-order valence-corrected chi connectivity index (χ1v) is 9.55. The van der Waals surface area contributed by atoms with E-state index in [4.69, 9.17) is 0 Å². The molecule has 1 aliphatic rings. The molecule has 2 aromatic rings. The zero-order valence-electron chi connectivity index (χ0n) is 14.2. The van der Waals surface area contributed by atoms with Crippen molar-refractivity contribution in [3.63, 3.8) is 0 Å². The summed E-state index contributed by atoms with van der Waals surface area (Å²) in [6.45, 7) is 0. The molecule has 148 valence electrons. The largest absolute Gasteiger partial charge is 0.417 e. The van der Waals surface area contributed by atoms with E-state index in [0.717, 1.165) is 31.2 Å². The highest BCUT2D eigenvalue weighted by Gasteiger charge is 2.36. The second-order valence-electron chi connectivity index (χ2n) is 6.13. The van der Waals surface area contributed by atoms with Crippen LogP contribution in [0.5, 0.6) is 0 Å². The van der Waals surface area contributed by atoms with Crippen LogP contribution in [0, 0.1) is 0 Å². The molecule has 1 heterocycles. The number of carbonyl (C=O) groups excluding carboxylic acids is 2. The van der Waals surface area contributed by atoms with Gasteiger partial charge < -0.3 is 5.32 Å². The number of rotatable bonds is 5. The first-order valence-electron chi connectivity index (χ1n) is 8.07. The molecule has 11 heteroatoms. The van der Waals surface area contributed by atoms with E-state index in [2.05, 4.69) is 10.3 Å². The fourth-order valence-corrected chi connectivity index (χ4v) is 3.31. The topological polar surface area (TPSA) is 105 Å². The van der Waals surface area contributed by atoms with Gasteiger partial charge in [-0.25, -0.2) is 13.1 Å². The Labute approximate surface area is 158 Å². The molecule has 3 rings (SSSR count). The molecule has 28 heavy (non-hydrogen) atoms. The molecule has 0 bridgehead atoms. The van der Waals surface area contributed by atoms with Crippen molar-refractivity contribution >= 4 is 21.8 Å². The predicted molar refractivity (Wildman–Crippen MR) is 90.8 cm³/mol. The average Bonchev–Trinajstić information content (AvgIpc) is 3.44. The van der Waals surface area contributed by atoms with Crippen LogP contribution in [-0.4, -0.2) is 31.3 Å². The second kappa shape index (κ2) is 7.23. The van der Waals surface area contributed by atoms with Crippen LogP contribution >= 0.6 is 0 Å². The number of hydrogen-bond acceptors (Lipinski definition) is 5. The van der Waals surface area contributed by atoms with Gasteiger partial charge in [-0.05, 0) is 43.2 Å². The van der Waals surface area contributed by atoms with E-state index in [9.17, 15) is 31.2 Å². The molecule has 2 N–H and O–H groups in total. The predicted octanol–water partition coefficient (Wildman–Crippen LogP) is 2.11. The molecular weight excluding hydrogens is 399 g/mol. The normalized spacial score (nSPS) is 14.4. The summed E-state index contributed by atoms with van der Waals surface area (Å²) in [6.07, 6.45) is -1.59. The third kappa shape index (κ3) is 4.47. The quantitative estimate of drug-likeness (QED) is 0.781. The van der Waals surface area contributed by atoms with Crippen molar-refractivity contribution in [2.45, 2.75) is 30.0 Å². The Kier molecular flexibility index (Phi) is 5.11. The van der Waals surface area contributed by atoms with E-state index in [1.54, 1.807) is 4.72 Å². The summed E-state index contributed by atoms with van der Waals surface area (Å²) < 4.78 is 65.2. The van der Waals surface area contributed by atoms with E-state index in [0.29, 0.717) is 12.3 Å². The minimum atomic E-state index is -4.85. The van der Waals surface area contributed by atoms with E-state index in [1.807, 2.05) is 0 Å². The summed E-state index contributed by atoms with van der Waals surface area (Å²) in [7, 11) is -4.45. The summed E-state index contributed by atoms with van der Waals surface area (Å²) in [6, 6.07) is 5.38. The van der Waals surface area contributed by atoms with Gasteiger partial charge in [-0.2, -0.15) is 13.2 Å². The molecule has 7 nitrogen and oxygen atoms in total. The fraction of sp³-hybridized carbons (Fsp3) is 0.235. The molecule has 1 fully saturated rings. The van der Waals surface area contributed by atoms with Crippen LogP contribution in [0.25, 0.3) is 0 Å². The van der Waals surface area contributed by atoms with Crippen LogP contribution in [-0.2, 0) is 16.2 Å². The van der Waals surface area contributed by atoms with Crippen molar-refractivity contribution in [2.24, 2.45) is 0 Å². The third-order valence-electron chi connectivity index (χ3n) is 3.94. The summed E-state index contributed by atoms with van der Waals surface area (Å²) in [5.41, 5.74) is -2.00. The molecule has 0 unspecified atom stereocenters. The summed E-state index contributed by atoms with van der Waals surface area (Å²) in [5, 5.41) is 2.73. The van der Waals surface area contributed by atoms with Gasteiger partial charge in [0.25, 0.3) is 21.8 Å². The first kappa shape index (κ1) is 19.8. The molecule has 2 amide bonds. The Balaban J connectivity index is 1.78. The Morgan fingerprint density at radius 1 is 1.04 bits per heavy atom. The Morgan fingerprint density at radius 3 is 2.25 bits per heavy atom. The molecule has 0 aliphatic heterocycles. The molecule has 1 saturated carbocycles. The van der Waals surface area contributed by atoms with Crippen molar-refractivity contribution in [1.82, 2.24) is 15.0 Å². The van der Waals surface area contributed by atoms with E-state index in [1.165, 1.54) is 12.1 Å². The van der Waals surface area contributed by atoms with Gasteiger partial charge in [-0.3, -0.25) is 14.6 Å². The monoisotopic (exact) mass is 413 g/mol. The van der Waals surface area contributed by atoms with Gasteiger partial charge in [-0.15, -0.1) is 0 Å². The van der Waals surface area contributed by atoms with Crippen LogP contribution in [0.3, 0.4) is 0 Å². The number of pyridine rings is 1. The minimum Gasteiger partial charge on any atom is -0.349 e. The number of amides is 2. The number of nitrogens with one attached hydrogen (secondary N) is 2. The molecule has 1 aromatic carbocycles. The highest BCUT2D eigenvalue weighted by atomic mass is 32.2. The maximum atomic E-state index is 13.0. The van der Waals surface area contributed by atoms with Crippen molar-refractivity contribution in [3.05, 3.63) is 59.4 Å². The zero-order chi connectivity index (χ0) is 20.5. The maximum absolute atomic E-state index is 13.0. The van der Waals surface area contributed by atoms with Crippen LogP contribution < -0.4 is 10.0 Å². The van der Waals surface area contributed by atoms with Crippen molar-refractivity contribution in [3.8, 4) is 0 Å². The second-order valence-corrected chi connectivity index (χ2v) is 7.81. The number of carbonyl (C=O) groups is 2. The van der Waals surface area contributed by atoms with Gasteiger partial charge in [0.2, 0.25) is 0 Å². The molecule has 1 aromatic heterocycles. The number of nitrogens with zero attached hydrogens (tertiary/aromatic N) is 1. The zero-order valence-corrected chi connectivity index (χ0v) is 15.0. The first-order chi connectivity index (χ1) is 13.1. The lowest BCUT2D eigenvalue weighted by Gasteiger charge is -2.12. The van der Waals surface area contributed by atoms with Crippen molar-refractivity contribution < 1.29 is 31.2 Å². The van der Waals surface area contributed by atoms with Crippen molar-refractivity contribution in [1.29, 1.82) is 0 Å². The minimum absolute atomic E-state index is 0.123. The Morgan fingerprint density at radius 2 is 1.68 bits per heavy atom. The molecule has 0 spiro atoms. The highest BCUT2D eigenvalue weighted by molar-refractivity contribution is 7.90. The summed E-state index contributed by atoms with van der Waals surface area (Å²) >= 11 is 0. The van der Waals surface area contributed by atoms with Gasteiger partial charge in [0, 0.05) is 24.0 Å². The van der Waals surface area contributed by atoms with Crippen LogP contribution in [0.4, 0.5) is 13.2 Å². The summed E-state index contributed by atoms with van der Waals surface area (Å²) in [5.74, 6) is -1.82. The number of benzene rings is 1. The lowest BCUT2D eigenvalue weighted by molar-refractivity contribution is -0.138. The highest BCUT2D eigenvalue weighted by Crippen LogP contribution is 2.31.